The third-order valence-electron chi connectivity index (χ3n) is 5.23. The molecule has 110 valence electrons. The van der Waals surface area contributed by atoms with Crippen LogP contribution in [-0.4, -0.2) is 30.3 Å². The van der Waals surface area contributed by atoms with Crippen molar-refractivity contribution in [3.05, 3.63) is 0 Å². The molecule has 3 N–H and O–H groups in total. The monoisotopic (exact) mass is 268 g/mol. The number of aliphatic hydroxyl groups excluding tert-OH is 1. The summed E-state index contributed by atoms with van der Waals surface area (Å²) in [5.41, 5.74) is 0.141. The van der Waals surface area contributed by atoms with Gasteiger partial charge in [-0.3, -0.25) is 0 Å². The Kier molecular flexibility index (Phi) is 4.39. The molecule has 2 fully saturated rings. The highest BCUT2D eigenvalue weighted by atomic mass is 16.3. The first-order valence-electron chi connectivity index (χ1n) is 7.63. The molecule has 0 bridgehead atoms. The van der Waals surface area contributed by atoms with Crippen LogP contribution in [0, 0.1) is 10.8 Å². The van der Waals surface area contributed by atoms with E-state index in [1.807, 2.05) is 0 Å². The Balaban J connectivity index is 1.78. The second-order valence-corrected chi connectivity index (χ2v) is 7.10. The third-order valence-corrected chi connectivity index (χ3v) is 5.23. The molecular formula is C15H28N2O2. The largest absolute Gasteiger partial charge is 0.396 e. The average Bonchev–Trinajstić information content (AvgIpc) is 2.96. The third kappa shape index (κ3) is 3.41. The van der Waals surface area contributed by atoms with Crippen molar-refractivity contribution in [1.29, 1.82) is 0 Å². The number of aliphatic hydroxyl groups is 1. The molecule has 19 heavy (non-hydrogen) atoms. The van der Waals surface area contributed by atoms with Crippen LogP contribution >= 0.6 is 0 Å². The number of carbonyl (C=O) groups excluding carboxylic acids is 1. The van der Waals surface area contributed by atoms with Gasteiger partial charge in [0.1, 0.15) is 0 Å². The lowest BCUT2D eigenvalue weighted by atomic mass is 9.86. The molecule has 2 amide bonds. The maximum atomic E-state index is 12.0. The molecule has 0 heterocycles. The summed E-state index contributed by atoms with van der Waals surface area (Å²) in [4.78, 5) is 12.0. The first-order chi connectivity index (χ1) is 8.97. The number of carbonyl (C=O) groups is 1. The van der Waals surface area contributed by atoms with Gasteiger partial charge in [0, 0.05) is 18.0 Å². The summed E-state index contributed by atoms with van der Waals surface area (Å²) in [5, 5.41) is 15.6. The lowest BCUT2D eigenvalue weighted by Crippen LogP contribution is -2.50. The first-order valence-corrected chi connectivity index (χ1v) is 7.63. The van der Waals surface area contributed by atoms with E-state index in [9.17, 15) is 9.90 Å². The zero-order valence-electron chi connectivity index (χ0n) is 12.3. The number of urea groups is 1. The van der Waals surface area contributed by atoms with E-state index in [1.54, 1.807) is 0 Å². The Hall–Kier alpha value is -0.770. The zero-order valence-corrected chi connectivity index (χ0v) is 12.3. The van der Waals surface area contributed by atoms with Crippen molar-refractivity contribution in [2.24, 2.45) is 10.8 Å². The van der Waals surface area contributed by atoms with Gasteiger partial charge in [0.25, 0.3) is 0 Å². The van der Waals surface area contributed by atoms with Crippen molar-refractivity contribution in [2.45, 2.75) is 64.8 Å². The highest BCUT2D eigenvalue weighted by Gasteiger charge is 2.39. The first kappa shape index (κ1) is 14.6. The summed E-state index contributed by atoms with van der Waals surface area (Å²) in [6.45, 7) is 5.23. The van der Waals surface area contributed by atoms with Gasteiger partial charge in [-0.1, -0.05) is 33.1 Å². The van der Waals surface area contributed by atoms with Crippen LogP contribution in [0.2, 0.25) is 0 Å². The number of amides is 2. The van der Waals surface area contributed by atoms with E-state index >= 15 is 0 Å². The Morgan fingerprint density at radius 3 is 2.53 bits per heavy atom. The highest BCUT2D eigenvalue weighted by Crippen LogP contribution is 2.38. The van der Waals surface area contributed by atoms with E-state index in [4.69, 9.17) is 0 Å². The number of rotatable bonds is 4. The molecule has 4 nitrogen and oxygen atoms in total. The number of nitrogens with one attached hydrogen (secondary N) is 2. The Bertz CT molecular complexity index is 326. The molecule has 2 rings (SSSR count). The second-order valence-electron chi connectivity index (χ2n) is 7.10. The topological polar surface area (TPSA) is 61.4 Å². The van der Waals surface area contributed by atoms with Gasteiger partial charge in [0.2, 0.25) is 0 Å². The molecule has 0 aromatic carbocycles. The normalized spacial score (nSPS) is 33.3. The fourth-order valence-corrected chi connectivity index (χ4v) is 3.58. The van der Waals surface area contributed by atoms with Crippen molar-refractivity contribution in [2.75, 3.05) is 13.2 Å². The molecule has 0 saturated heterocycles. The van der Waals surface area contributed by atoms with Crippen molar-refractivity contribution in [3.8, 4) is 0 Å². The van der Waals surface area contributed by atoms with E-state index < -0.39 is 0 Å². The molecule has 0 radical (unpaired) electrons. The lowest BCUT2D eigenvalue weighted by molar-refractivity contribution is 0.120. The van der Waals surface area contributed by atoms with E-state index in [0.29, 0.717) is 0 Å². The fourth-order valence-electron chi connectivity index (χ4n) is 3.58. The Labute approximate surface area is 116 Å². The van der Waals surface area contributed by atoms with Crippen LogP contribution in [-0.2, 0) is 0 Å². The van der Waals surface area contributed by atoms with Gasteiger partial charge >= 0.3 is 6.03 Å². The molecular weight excluding hydrogens is 240 g/mol. The lowest BCUT2D eigenvalue weighted by Gasteiger charge is -2.31. The van der Waals surface area contributed by atoms with Crippen LogP contribution in [0.3, 0.4) is 0 Å². The standard InChI is InChI=1S/C15H28N2O2/c1-14(7-3-4-8-14)10-16-13(19)17-12-6-5-9-15(12,2)11-18/h12,18H,3-11H2,1-2H3,(H2,16,17,19). The summed E-state index contributed by atoms with van der Waals surface area (Å²) >= 11 is 0. The van der Waals surface area contributed by atoms with Gasteiger partial charge in [-0.2, -0.15) is 0 Å². The van der Waals surface area contributed by atoms with Crippen molar-refractivity contribution in [1.82, 2.24) is 10.6 Å². The maximum absolute atomic E-state index is 12.0. The van der Waals surface area contributed by atoms with E-state index in [0.717, 1.165) is 25.8 Å². The summed E-state index contributed by atoms with van der Waals surface area (Å²) in [6, 6.07) is 0.0357. The van der Waals surface area contributed by atoms with Gasteiger partial charge in [0.05, 0.1) is 6.61 Å². The molecule has 2 aliphatic rings. The highest BCUT2D eigenvalue weighted by molar-refractivity contribution is 5.74. The molecule has 2 saturated carbocycles. The van der Waals surface area contributed by atoms with E-state index in [1.165, 1.54) is 25.7 Å². The SMILES string of the molecule is CC1(CNC(=O)NC2CCCC2(C)CO)CCCC1. The van der Waals surface area contributed by atoms with Crippen LogP contribution < -0.4 is 10.6 Å². The van der Waals surface area contributed by atoms with Gasteiger partial charge in [-0.25, -0.2) is 4.79 Å². The Morgan fingerprint density at radius 2 is 1.89 bits per heavy atom. The molecule has 2 atom stereocenters. The summed E-state index contributed by atoms with van der Waals surface area (Å²) in [5.74, 6) is 0. The van der Waals surface area contributed by atoms with Crippen LogP contribution in [0.15, 0.2) is 0 Å². The van der Waals surface area contributed by atoms with Crippen LogP contribution in [0.1, 0.15) is 58.8 Å². The minimum Gasteiger partial charge on any atom is -0.396 e. The molecule has 0 aromatic rings. The average molecular weight is 268 g/mol. The number of hydrogen-bond acceptors (Lipinski definition) is 2. The van der Waals surface area contributed by atoms with E-state index in [2.05, 4.69) is 24.5 Å². The van der Waals surface area contributed by atoms with Crippen LogP contribution in [0.4, 0.5) is 4.79 Å². The summed E-state index contributed by atoms with van der Waals surface area (Å²) in [6.07, 6.45) is 8.04. The minimum atomic E-state index is -0.144. The van der Waals surface area contributed by atoms with Crippen LogP contribution in [0.25, 0.3) is 0 Å². The van der Waals surface area contributed by atoms with Gasteiger partial charge in [-0.05, 0) is 31.1 Å². The van der Waals surface area contributed by atoms with Crippen molar-refractivity contribution < 1.29 is 9.90 Å². The maximum Gasteiger partial charge on any atom is 0.315 e. The molecule has 2 unspecified atom stereocenters. The Morgan fingerprint density at radius 1 is 1.21 bits per heavy atom. The van der Waals surface area contributed by atoms with Gasteiger partial charge in [0.15, 0.2) is 0 Å². The quantitative estimate of drug-likeness (QED) is 0.733. The van der Waals surface area contributed by atoms with Gasteiger partial charge < -0.3 is 15.7 Å². The predicted molar refractivity (Wildman–Crippen MR) is 75.9 cm³/mol. The van der Waals surface area contributed by atoms with E-state index in [-0.39, 0.29) is 29.5 Å². The molecule has 2 aliphatic carbocycles. The fraction of sp³-hybridized carbons (Fsp3) is 0.933. The summed E-state index contributed by atoms with van der Waals surface area (Å²) < 4.78 is 0. The number of hydrogen-bond donors (Lipinski definition) is 3. The second kappa shape index (κ2) is 5.70. The predicted octanol–water partition coefficient (Wildman–Crippen LogP) is 2.42. The minimum absolute atomic E-state index is 0.0697. The molecule has 4 heteroatoms. The van der Waals surface area contributed by atoms with Crippen molar-refractivity contribution >= 4 is 6.03 Å². The molecule has 0 aliphatic heterocycles. The van der Waals surface area contributed by atoms with Crippen molar-refractivity contribution in [3.63, 3.8) is 0 Å². The smallest absolute Gasteiger partial charge is 0.315 e. The molecule has 0 aromatic heterocycles. The molecule has 0 spiro atoms. The van der Waals surface area contributed by atoms with Crippen LogP contribution in [0.5, 0.6) is 0 Å². The summed E-state index contributed by atoms with van der Waals surface area (Å²) in [7, 11) is 0. The zero-order chi connectivity index (χ0) is 13.9. The van der Waals surface area contributed by atoms with Gasteiger partial charge in [-0.15, -0.1) is 0 Å².